The van der Waals surface area contributed by atoms with Gasteiger partial charge in [0.05, 0.1) is 0 Å². The minimum atomic E-state index is -0.00647. The van der Waals surface area contributed by atoms with Gasteiger partial charge in [-0.1, -0.05) is 11.6 Å². The molecule has 1 amide bonds. The van der Waals surface area contributed by atoms with Gasteiger partial charge in [-0.05, 0) is 46.0 Å². The van der Waals surface area contributed by atoms with Crippen LogP contribution in [0.5, 0.6) is 5.75 Å². The van der Waals surface area contributed by atoms with E-state index in [-0.39, 0.29) is 18.6 Å². The van der Waals surface area contributed by atoms with Crippen LogP contribution < -0.4 is 10.1 Å². The van der Waals surface area contributed by atoms with E-state index in [9.17, 15) is 4.79 Å². The first kappa shape index (κ1) is 16.8. The summed E-state index contributed by atoms with van der Waals surface area (Å²) in [6.07, 6.45) is 0. The third kappa shape index (κ3) is 4.39. The Morgan fingerprint density at radius 3 is 2.60 bits per heavy atom. The van der Waals surface area contributed by atoms with Crippen LogP contribution in [0.4, 0.5) is 0 Å². The number of nitrogens with zero attached hydrogens (tertiary/aromatic N) is 1. The van der Waals surface area contributed by atoms with E-state index in [0.717, 1.165) is 5.56 Å². The van der Waals surface area contributed by atoms with Gasteiger partial charge in [0.1, 0.15) is 5.75 Å². The summed E-state index contributed by atoms with van der Waals surface area (Å²) in [5.41, 5.74) is 0.951. The summed E-state index contributed by atoms with van der Waals surface area (Å²) >= 11 is 6.02. The Balaban J connectivity index is 2.79. The molecule has 5 heteroatoms. The van der Waals surface area contributed by atoms with Crippen LogP contribution in [-0.2, 0) is 4.79 Å². The summed E-state index contributed by atoms with van der Waals surface area (Å²) in [5.74, 6) is 0.685. The van der Waals surface area contributed by atoms with Crippen molar-refractivity contribution in [1.82, 2.24) is 10.2 Å². The van der Waals surface area contributed by atoms with Crippen molar-refractivity contribution >= 4 is 17.5 Å². The fourth-order valence-corrected chi connectivity index (χ4v) is 2.13. The molecular formula is C15H23ClN2O2. The highest BCUT2D eigenvalue weighted by Gasteiger charge is 2.14. The van der Waals surface area contributed by atoms with Gasteiger partial charge in [-0.3, -0.25) is 4.79 Å². The van der Waals surface area contributed by atoms with Crippen molar-refractivity contribution in [2.45, 2.75) is 26.8 Å². The molecule has 1 rings (SSSR count). The number of rotatable bonds is 7. The van der Waals surface area contributed by atoms with Crippen LogP contribution in [0.2, 0.25) is 5.02 Å². The van der Waals surface area contributed by atoms with E-state index in [4.69, 9.17) is 16.3 Å². The highest BCUT2D eigenvalue weighted by atomic mass is 35.5. The van der Waals surface area contributed by atoms with Crippen LogP contribution in [0.1, 0.15) is 32.4 Å². The van der Waals surface area contributed by atoms with Crippen molar-refractivity contribution in [3.8, 4) is 5.75 Å². The van der Waals surface area contributed by atoms with Crippen molar-refractivity contribution in [2.75, 3.05) is 26.7 Å². The predicted octanol–water partition coefficient (Wildman–Crippen LogP) is 2.87. The fourth-order valence-electron chi connectivity index (χ4n) is 1.95. The molecule has 1 aromatic carbocycles. The normalized spacial score (nSPS) is 12.1. The Hall–Kier alpha value is -1.26. The molecule has 4 nitrogen and oxygen atoms in total. The lowest BCUT2D eigenvalue weighted by molar-refractivity contribution is -0.132. The van der Waals surface area contributed by atoms with E-state index >= 15 is 0 Å². The van der Waals surface area contributed by atoms with E-state index < -0.39 is 0 Å². The second-order valence-electron chi connectivity index (χ2n) is 4.55. The van der Waals surface area contributed by atoms with Crippen LogP contribution in [0.3, 0.4) is 0 Å². The van der Waals surface area contributed by atoms with Crippen molar-refractivity contribution in [3.63, 3.8) is 0 Å². The summed E-state index contributed by atoms with van der Waals surface area (Å²) in [6.45, 7) is 7.37. The van der Waals surface area contributed by atoms with Crippen LogP contribution in [0, 0.1) is 0 Å². The fraction of sp³-hybridized carbons (Fsp3) is 0.533. The smallest absolute Gasteiger partial charge is 0.260 e. The Morgan fingerprint density at radius 2 is 2.05 bits per heavy atom. The zero-order valence-electron chi connectivity index (χ0n) is 12.6. The molecule has 112 valence electrons. The number of likely N-dealkylation sites (N-methyl/N-ethyl adjacent to an activating group) is 1. The van der Waals surface area contributed by atoms with Crippen molar-refractivity contribution in [1.29, 1.82) is 0 Å². The standard InChI is InChI=1S/C15H23ClN2O2/c1-5-18(6-2)15(19)10-20-14-8-7-12(16)9-13(14)11(3)17-4/h7-9,11,17H,5-6,10H2,1-4H3. The highest BCUT2D eigenvalue weighted by Crippen LogP contribution is 2.28. The quantitative estimate of drug-likeness (QED) is 0.841. The third-order valence-corrected chi connectivity index (χ3v) is 3.57. The Bertz CT molecular complexity index is 447. The molecule has 0 aliphatic rings. The molecule has 0 saturated carbocycles. The van der Waals surface area contributed by atoms with Gasteiger partial charge >= 0.3 is 0 Å². The molecular weight excluding hydrogens is 276 g/mol. The maximum absolute atomic E-state index is 12.0. The molecule has 0 spiro atoms. The molecule has 0 heterocycles. The van der Waals surface area contributed by atoms with Gasteiger partial charge in [-0.15, -0.1) is 0 Å². The average Bonchev–Trinajstić information content (AvgIpc) is 2.46. The number of hydrogen-bond donors (Lipinski definition) is 1. The number of ether oxygens (including phenoxy) is 1. The second-order valence-corrected chi connectivity index (χ2v) is 4.98. The first-order chi connectivity index (χ1) is 9.53. The number of amides is 1. The van der Waals surface area contributed by atoms with Crippen molar-refractivity contribution in [2.24, 2.45) is 0 Å². The van der Waals surface area contributed by atoms with Crippen LogP contribution in [0.25, 0.3) is 0 Å². The molecule has 0 radical (unpaired) electrons. The van der Waals surface area contributed by atoms with Gasteiger partial charge in [-0.2, -0.15) is 0 Å². The zero-order chi connectivity index (χ0) is 15.1. The van der Waals surface area contributed by atoms with Gasteiger partial charge in [-0.25, -0.2) is 0 Å². The number of carbonyl (C=O) groups excluding carboxylic acids is 1. The monoisotopic (exact) mass is 298 g/mol. The van der Waals surface area contributed by atoms with Gasteiger partial charge in [0.25, 0.3) is 5.91 Å². The van der Waals surface area contributed by atoms with Gasteiger partial charge in [0, 0.05) is 29.7 Å². The number of nitrogens with one attached hydrogen (secondary N) is 1. The molecule has 0 aliphatic heterocycles. The molecule has 0 aliphatic carbocycles. The lowest BCUT2D eigenvalue weighted by Gasteiger charge is -2.20. The molecule has 0 bridgehead atoms. The largest absolute Gasteiger partial charge is 0.483 e. The topological polar surface area (TPSA) is 41.6 Å². The van der Waals surface area contributed by atoms with Crippen LogP contribution in [0.15, 0.2) is 18.2 Å². The molecule has 1 aromatic rings. The van der Waals surface area contributed by atoms with Gasteiger partial charge < -0.3 is 15.0 Å². The minimum absolute atomic E-state index is 0.00647. The Labute approximate surface area is 126 Å². The summed E-state index contributed by atoms with van der Waals surface area (Å²) in [4.78, 5) is 13.7. The van der Waals surface area contributed by atoms with Gasteiger partial charge in [0.2, 0.25) is 0 Å². The molecule has 0 aromatic heterocycles. The lowest BCUT2D eigenvalue weighted by atomic mass is 10.1. The minimum Gasteiger partial charge on any atom is -0.483 e. The Kier molecular flexibility index (Phi) is 6.82. The van der Waals surface area contributed by atoms with Crippen molar-refractivity contribution in [3.05, 3.63) is 28.8 Å². The Morgan fingerprint density at radius 1 is 1.40 bits per heavy atom. The lowest BCUT2D eigenvalue weighted by Crippen LogP contribution is -2.34. The predicted molar refractivity (Wildman–Crippen MR) is 82.3 cm³/mol. The third-order valence-electron chi connectivity index (χ3n) is 3.34. The van der Waals surface area contributed by atoms with E-state index in [2.05, 4.69) is 5.32 Å². The summed E-state index contributed by atoms with van der Waals surface area (Å²) < 4.78 is 5.67. The summed E-state index contributed by atoms with van der Waals surface area (Å²) in [5, 5.41) is 3.80. The average molecular weight is 299 g/mol. The number of carbonyl (C=O) groups is 1. The number of benzene rings is 1. The van der Waals surface area contributed by atoms with E-state index in [1.807, 2.05) is 33.9 Å². The van der Waals surface area contributed by atoms with Crippen LogP contribution >= 0.6 is 11.6 Å². The molecule has 1 unspecified atom stereocenters. The van der Waals surface area contributed by atoms with Crippen molar-refractivity contribution < 1.29 is 9.53 Å². The van der Waals surface area contributed by atoms with E-state index in [1.54, 1.807) is 17.0 Å². The van der Waals surface area contributed by atoms with E-state index in [1.165, 1.54) is 0 Å². The summed E-state index contributed by atoms with van der Waals surface area (Å²) in [7, 11) is 1.87. The first-order valence-corrected chi connectivity index (χ1v) is 7.28. The van der Waals surface area contributed by atoms with E-state index in [0.29, 0.717) is 23.9 Å². The second kappa shape index (κ2) is 8.12. The molecule has 0 saturated heterocycles. The molecule has 20 heavy (non-hydrogen) atoms. The van der Waals surface area contributed by atoms with Gasteiger partial charge in [0.15, 0.2) is 6.61 Å². The number of hydrogen-bond acceptors (Lipinski definition) is 3. The first-order valence-electron chi connectivity index (χ1n) is 6.90. The van der Waals surface area contributed by atoms with Crippen LogP contribution in [-0.4, -0.2) is 37.6 Å². The SMILES string of the molecule is CCN(CC)C(=O)COc1ccc(Cl)cc1C(C)NC. The zero-order valence-corrected chi connectivity index (χ0v) is 13.3. The number of halogens is 1. The highest BCUT2D eigenvalue weighted by molar-refractivity contribution is 6.30. The molecule has 0 fully saturated rings. The maximum atomic E-state index is 12.0. The maximum Gasteiger partial charge on any atom is 0.260 e. The molecule has 1 atom stereocenters. The molecule has 1 N–H and O–H groups in total. The summed E-state index contributed by atoms with van der Waals surface area (Å²) in [6, 6.07) is 5.54.